The van der Waals surface area contributed by atoms with Crippen molar-refractivity contribution in [3.05, 3.63) is 0 Å². The zero-order chi connectivity index (χ0) is 13.1. The molecule has 0 heterocycles. The van der Waals surface area contributed by atoms with Crippen molar-refractivity contribution in [1.29, 1.82) is 0 Å². The first-order valence-electron chi connectivity index (χ1n) is 6.53. The number of carbonyl (C=O) groups excluding carboxylic acids is 1. The lowest BCUT2D eigenvalue weighted by Gasteiger charge is -2.17. The van der Waals surface area contributed by atoms with Gasteiger partial charge in [0.05, 0.1) is 13.2 Å². The predicted octanol–water partition coefficient (Wildman–Crippen LogP) is 2.12. The molecule has 0 amide bonds. The van der Waals surface area contributed by atoms with Gasteiger partial charge in [-0.15, -0.1) is 0 Å². The van der Waals surface area contributed by atoms with E-state index in [2.05, 4.69) is 12.2 Å². The van der Waals surface area contributed by atoms with E-state index in [-0.39, 0.29) is 12.0 Å². The first-order chi connectivity index (χ1) is 8.19. The molecule has 0 spiro atoms. The van der Waals surface area contributed by atoms with E-state index in [1.165, 1.54) is 7.11 Å². The molecule has 0 aliphatic rings. The van der Waals surface area contributed by atoms with Gasteiger partial charge in [0.1, 0.15) is 6.04 Å². The summed E-state index contributed by atoms with van der Waals surface area (Å²) in [6.07, 6.45) is 5.41. The number of carbonyl (C=O) groups is 1. The Labute approximate surface area is 105 Å². The molecular weight excluding hydrogens is 218 g/mol. The minimum Gasteiger partial charge on any atom is -0.468 e. The molecule has 0 fully saturated rings. The Morgan fingerprint density at radius 3 is 2.41 bits per heavy atom. The van der Waals surface area contributed by atoms with E-state index in [1.807, 2.05) is 6.92 Å². The number of nitrogens with one attached hydrogen (secondary N) is 1. The number of rotatable bonds is 10. The first kappa shape index (κ1) is 16.4. The quantitative estimate of drug-likeness (QED) is 0.473. The van der Waals surface area contributed by atoms with Crippen LogP contribution in [0.5, 0.6) is 0 Å². The van der Waals surface area contributed by atoms with Crippen LogP contribution in [-0.2, 0) is 14.3 Å². The van der Waals surface area contributed by atoms with Gasteiger partial charge in [-0.05, 0) is 32.2 Å². The van der Waals surface area contributed by atoms with Gasteiger partial charge in [-0.2, -0.15) is 0 Å². The van der Waals surface area contributed by atoms with Crippen LogP contribution in [0, 0.1) is 0 Å². The minimum atomic E-state index is -0.177. The molecule has 0 aliphatic heterocycles. The highest BCUT2D eigenvalue weighted by Crippen LogP contribution is 2.07. The Morgan fingerprint density at radius 1 is 1.24 bits per heavy atom. The first-order valence-corrected chi connectivity index (χ1v) is 6.53. The van der Waals surface area contributed by atoms with Crippen LogP contribution in [0.15, 0.2) is 0 Å². The normalized spacial score (nSPS) is 14.4. The molecule has 17 heavy (non-hydrogen) atoms. The molecule has 102 valence electrons. The van der Waals surface area contributed by atoms with Gasteiger partial charge in [0.2, 0.25) is 0 Å². The third kappa shape index (κ3) is 7.34. The Morgan fingerprint density at radius 2 is 1.94 bits per heavy atom. The van der Waals surface area contributed by atoms with Gasteiger partial charge in [-0.25, -0.2) is 0 Å². The average molecular weight is 245 g/mol. The molecule has 0 rings (SSSR count). The van der Waals surface area contributed by atoms with E-state index >= 15 is 0 Å². The van der Waals surface area contributed by atoms with Crippen LogP contribution < -0.4 is 5.32 Å². The van der Waals surface area contributed by atoms with E-state index in [1.54, 1.807) is 7.11 Å². The standard InChI is InChI=1S/C13H27NO3/c1-5-8-11(16-3)9-7-10-14-12(6-2)13(15)17-4/h11-12,14H,5-10H2,1-4H3. The fourth-order valence-corrected chi connectivity index (χ4v) is 1.84. The molecule has 2 atom stereocenters. The molecule has 0 aromatic rings. The van der Waals surface area contributed by atoms with Crippen molar-refractivity contribution in [2.45, 2.75) is 58.1 Å². The van der Waals surface area contributed by atoms with Gasteiger partial charge in [-0.1, -0.05) is 20.3 Å². The highest BCUT2D eigenvalue weighted by Gasteiger charge is 2.15. The summed E-state index contributed by atoms with van der Waals surface area (Å²) in [6.45, 7) is 4.97. The highest BCUT2D eigenvalue weighted by atomic mass is 16.5. The maximum atomic E-state index is 11.3. The molecule has 0 aliphatic carbocycles. The number of hydrogen-bond donors (Lipinski definition) is 1. The van der Waals surface area contributed by atoms with Crippen LogP contribution in [0.1, 0.15) is 46.0 Å². The van der Waals surface area contributed by atoms with E-state index < -0.39 is 0 Å². The van der Waals surface area contributed by atoms with Crippen molar-refractivity contribution in [3.63, 3.8) is 0 Å². The van der Waals surface area contributed by atoms with Crippen molar-refractivity contribution in [1.82, 2.24) is 5.32 Å². The summed E-state index contributed by atoms with van der Waals surface area (Å²) in [7, 11) is 3.19. The summed E-state index contributed by atoms with van der Waals surface area (Å²) in [5.41, 5.74) is 0. The monoisotopic (exact) mass is 245 g/mol. The Kier molecular flexibility index (Phi) is 10.2. The lowest BCUT2D eigenvalue weighted by molar-refractivity contribution is -0.143. The second kappa shape index (κ2) is 10.5. The van der Waals surface area contributed by atoms with Crippen molar-refractivity contribution in [2.24, 2.45) is 0 Å². The summed E-state index contributed by atoms with van der Waals surface area (Å²) in [4.78, 5) is 11.3. The van der Waals surface area contributed by atoms with Gasteiger partial charge >= 0.3 is 5.97 Å². The maximum Gasteiger partial charge on any atom is 0.322 e. The van der Waals surface area contributed by atoms with Crippen molar-refractivity contribution in [2.75, 3.05) is 20.8 Å². The largest absolute Gasteiger partial charge is 0.468 e. The molecule has 4 nitrogen and oxygen atoms in total. The van der Waals surface area contributed by atoms with Crippen LogP contribution in [0.4, 0.5) is 0 Å². The van der Waals surface area contributed by atoms with Crippen LogP contribution in [0.3, 0.4) is 0 Å². The number of esters is 1. The third-order valence-corrected chi connectivity index (χ3v) is 2.93. The molecule has 0 radical (unpaired) electrons. The molecule has 0 aromatic heterocycles. The fraction of sp³-hybridized carbons (Fsp3) is 0.923. The van der Waals surface area contributed by atoms with E-state index in [9.17, 15) is 4.79 Å². The van der Waals surface area contributed by atoms with E-state index in [0.717, 1.165) is 38.6 Å². The Balaban J connectivity index is 3.70. The smallest absolute Gasteiger partial charge is 0.322 e. The van der Waals surface area contributed by atoms with E-state index in [0.29, 0.717) is 6.10 Å². The SMILES string of the molecule is CCCC(CCCNC(CC)C(=O)OC)OC. The van der Waals surface area contributed by atoms with Gasteiger partial charge in [0.15, 0.2) is 0 Å². The molecular formula is C13H27NO3. The maximum absolute atomic E-state index is 11.3. The van der Waals surface area contributed by atoms with Crippen LogP contribution in [-0.4, -0.2) is 38.9 Å². The highest BCUT2D eigenvalue weighted by molar-refractivity contribution is 5.75. The predicted molar refractivity (Wildman–Crippen MR) is 69.0 cm³/mol. The zero-order valence-corrected chi connectivity index (χ0v) is 11.6. The number of methoxy groups -OCH3 is 2. The average Bonchev–Trinajstić information content (AvgIpc) is 2.36. The minimum absolute atomic E-state index is 0.174. The third-order valence-electron chi connectivity index (χ3n) is 2.93. The summed E-state index contributed by atoms with van der Waals surface area (Å²) >= 11 is 0. The van der Waals surface area contributed by atoms with Crippen molar-refractivity contribution in [3.8, 4) is 0 Å². The number of hydrogen-bond acceptors (Lipinski definition) is 4. The molecule has 2 unspecified atom stereocenters. The lowest BCUT2D eigenvalue weighted by atomic mass is 10.1. The summed E-state index contributed by atoms with van der Waals surface area (Å²) < 4.78 is 10.1. The molecule has 1 N–H and O–H groups in total. The van der Waals surface area contributed by atoms with Crippen LogP contribution in [0.2, 0.25) is 0 Å². The van der Waals surface area contributed by atoms with Gasteiger partial charge in [0.25, 0.3) is 0 Å². The fourth-order valence-electron chi connectivity index (χ4n) is 1.84. The Bertz CT molecular complexity index is 197. The topological polar surface area (TPSA) is 47.6 Å². The molecule has 0 saturated carbocycles. The van der Waals surface area contributed by atoms with Gasteiger partial charge in [-0.3, -0.25) is 4.79 Å². The molecule has 0 bridgehead atoms. The second-order valence-corrected chi connectivity index (χ2v) is 4.23. The zero-order valence-electron chi connectivity index (χ0n) is 11.6. The molecule has 0 saturated heterocycles. The van der Waals surface area contributed by atoms with Crippen molar-refractivity contribution < 1.29 is 14.3 Å². The van der Waals surface area contributed by atoms with Gasteiger partial charge in [0, 0.05) is 7.11 Å². The molecule has 4 heteroatoms. The van der Waals surface area contributed by atoms with E-state index in [4.69, 9.17) is 9.47 Å². The summed E-state index contributed by atoms with van der Waals surface area (Å²) in [6, 6.07) is -0.174. The lowest BCUT2D eigenvalue weighted by Crippen LogP contribution is -2.37. The van der Waals surface area contributed by atoms with Gasteiger partial charge < -0.3 is 14.8 Å². The second-order valence-electron chi connectivity index (χ2n) is 4.23. The summed E-state index contributed by atoms with van der Waals surface area (Å²) in [5, 5.41) is 3.21. The van der Waals surface area contributed by atoms with Crippen molar-refractivity contribution >= 4 is 5.97 Å². The number of ether oxygens (including phenoxy) is 2. The summed E-state index contributed by atoms with van der Waals surface area (Å²) in [5.74, 6) is -0.177. The molecule has 0 aromatic carbocycles. The van der Waals surface area contributed by atoms with Crippen LogP contribution in [0.25, 0.3) is 0 Å². The van der Waals surface area contributed by atoms with Crippen LogP contribution >= 0.6 is 0 Å². The Hall–Kier alpha value is -0.610.